The highest BCUT2D eigenvalue weighted by Crippen LogP contribution is 2.31. The molecule has 1 aromatic heterocycles. The van der Waals surface area contributed by atoms with E-state index in [4.69, 9.17) is 5.73 Å². The van der Waals surface area contributed by atoms with E-state index in [-0.39, 0.29) is 0 Å². The zero-order chi connectivity index (χ0) is 12.5. The van der Waals surface area contributed by atoms with Crippen molar-refractivity contribution in [2.75, 3.05) is 43.9 Å². The van der Waals surface area contributed by atoms with Crippen molar-refractivity contribution in [1.29, 1.82) is 0 Å². The molecule has 1 aromatic carbocycles. The van der Waals surface area contributed by atoms with Crippen LogP contribution in [0.2, 0.25) is 0 Å². The van der Waals surface area contributed by atoms with Gasteiger partial charge in [-0.2, -0.15) is 0 Å². The van der Waals surface area contributed by atoms with Crippen molar-refractivity contribution in [2.45, 2.75) is 0 Å². The van der Waals surface area contributed by atoms with Crippen LogP contribution in [0.3, 0.4) is 0 Å². The normalized spacial score (nSPS) is 17.3. The molecule has 0 radical (unpaired) electrons. The molecule has 1 fully saturated rings. The summed E-state index contributed by atoms with van der Waals surface area (Å²) >= 11 is 0. The van der Waals surface area contributed by atoms with E-state index < -0.39 is 0 Å². The highest BCUT2D eigenvalue weighted by atomic mass is 15.2. The minimum atomic E-state index is 0.874. The van der Waals surface area contributed by atoms with E-state index in [0.29, 0.717) is 0 Å². The topological polar surface area (TPSA) is 45.4 Å². The van der Waals surface area contributed by atoms with E-state index in [1.165, 1.54) is 0 Å². The van der Waals surface area contributed by atoms with Crippen LogP contribution in [-0.4, -0.2) is 43.1 Å². The Kier molecular flexibility index (Phi) is 2.80. The lowest BCUT2D eigenvalue weighted by atomic mass is 10.1. The molecule has 4 nitrogen and oxygen atoms in total. The van der Waals surface area contributed by atoms with Gasteiger partial charge in [0.25, 0.3) is 0 Å². The number of benzene rings is 1. The van der Waals surface area contributed by atoms with Crippen LogP contribution in [0.15, 0.2) is 30.6 Å². The number of nitrogen functional groups attached to an aromatic ring is 1. The molecule has 0 aliphatic carbocycles. The van der Waals surface area contributed by atoms with Crippen LogP contribution in [0.5, 0.6) is 0 Å². The van der Waals surface area contributed by atoms with Crippen molar-refractivity contribution in [3.8, 4) is 0 Å². The Morgan fingerprint density at radius 2 is 1.89 bits per heavy atom. The summed E-state index contributed by atoms with van der Waals surface area (Å²) in [5.41, 5.74) is 8.33. The van der Waals surface area contributed by atoms with Crippen molar-refractivity contribution < 1.29 is 0 Å². The molecule has 0 atom stereocenters. The fraction of sp³-hybridized carbons (Fsp3) is 0.357. The van der Waals surface area contributed by atoms with Gasteiger partial charge in [-0.3, -0.25) is 4.98 Å². The molecule has 2 N–H and O–H groups in total. The maximum absolute atomic E-state index is 6.30. The summed E-state index contributed by atoms with van der Waals surface area (Å²) in [5, 5.41) is 2.20. The third kappa shape index (κ3) is 1.88. The summed E-state index contributed by atoms with van der Waals surface area (Å²) < 4.78 is 0. The fourth-order valence-electron chi connectivity index (χ4n) is 2.50. The SMILES string of the molecule is CN1CCN(c2ccc3cnccc3c2N)CC1. The Labute approximate surface area is 107 Å². The van der Waals surface area contributed by atoms with E-state index in [1.54, 1.807) is 6.20 Å². The van der Waals surface area contributed by atoms with Gasteiger partial charge < -0.3 is 15.5 Å². The highest BCUT2D eigenvalue weighted by Gasteiger charge is 2.17. The minimum absolute atomic E-state index is 0.874. The molecule has 1 saturated heterocycles. The van der Waals surface area contributed by atoms with Crippen LogP contribution >= 0.6 is 0 Å². The summed E-state index contributed by atoms with van der Waals surface area (Å²) in [6.07, 6.45) is 3.66. The lowest BCUT2D eigenvalue weighted by Crippen LogP contribution is -2.44. The molecule has 3 rings (SSSR count). The number of hydrogen-bond acceptors (Lipinski definition) is 4. The average molecular weight is 242 g/mol. The van der Waals surface area contributed by atoms with Gasteiger partial charge in [0, 0.05) is 49.3 Å². The second-order valence-corrected chi connectivity index (χ2v) is 4.89. The molecule has 2 heterocycles. The number of pyridine rings is 1. The van der Waals surface area contributed by atoms with Gasteiger partial charge in [-0.1, -0.05) is 6.07 Å². The van der Waals surface area contributed by atoms with Gasteiger partial charge in [-0.05, 0) is 19.2 Å². The minimum Gasteiger partial charge on any atom is -0.397 e. The summed E-state index contributed by atoms with van der Waals surface area (Å²) in [6, 6.07) is 6.21. The second-order valence-electron chi connectivity index (χ2n) is 4.89. The predicted molar refractivity (Wildman–Crippen MR) is 75.9 cm³/mol. The lowest BCUT2D eigenvalue weighted by molar-refractivity contribution is 0.313. The first-order valence-corrected chi connectivity index (χ1v) is 6.31. The Bertz CT molecular complexity index is 559. The monoisotopic (exact) mass is 242 g/mol. The molecule has 0 saturated carbocycles. The largest absolute Gasteiger partial charge is 0.397 e. The Morgan fingerprint density at radius 1 is 1.11 bits per heavy atom. The van der Waals surface area contributed by atoms with Crippen LogP contribution < -0.4 is 10.6 Å². The van der Waals surface area contributed by atoms with Crippen LogP contribution in [0.25, 0.3) is 10.8 Å². The number of nitrogens with zero attached hydrogens (tertiary/aromatic N) is 3. The molecule has 94 valence electrons. The van der Waals surface area contributed by atoms with Crippen LogP contribution in [0, 0.1) is 0 Å². The molecule has 18 heavy (non-hydrogen) atoms. The van der Waals surface area contributed by atoms with Gasteiger partial charge in [-0.15, -0.1) is 0 Å². The molecule has 2 aromatic rings. The smallest absolute Gasteiger partial charge is 0.0632 e. The van der Waals surface area contributed by atoms with Crippen LogP contribution in [-0.2, 0) is 0 Å². The van der Waals surface area contributed by atoms with E-state index in [2.05, 4.69) is 34.0 Å². The maximum atomic E-state index is 6.30. The molecule has 0 unspecified atom stereocenters. The summed E-state index contributed by atoms with van der Waals surface area (Å²) in [5.74, 6) is 0. The Balaban J connectivity index is 1.99. The van der Waals surface area contributed by atoms with E-state index in [0.717, 1.165) is 48.3 Å². The average Bonchev–Trinajstić information content (AvgIpc) is 2.41. The first-order chi connectivity index (χ1) is 8.75. The summed E-state index contributed by atoms with van der Waals surface area (Å²) in [6.45, 7) is 4.26. The number of fused-ring (bicyclic) bond motifs is 1. The van der Waals surface area contributed by atoms with E-state index >= 15 is 0 Å². The van der Waals surface area contributed by atoms with E-state index in [1.807, 2.05) is 12.3 Å². The van der Waals surface area contributed by atoms with Gasteiger partial charge in [0.15, 0.2) is 0 Å². The zero-order valence-corrected chi connectivity index (χ0v) is 10.6. The molecular formula is C14H18N4. The van der Waals surface area contributed by atoms with Crippen molar-refractivity contribution in [3.05, 3.63) is 30.6 Å². The first kappa shape index (κ1) is 11.3. The predicted octanol–water partition coefficient (Wildman–Crippen LogP) is 1.57. The molecule has 1 aliphatic heterocycles. The number of anilines is 2. The Morgan fingerprint density at radius 3 is 2.67 bits per heavy atom. The van der Waals surface area contributed by atoms with Gasteiger partial charge in [0.1, 0.15) is 0 Å². The number of hydrogen-bond donors (Lipinski definition) is 1. The second kappa shape index (κ2) is 4.46. The number of nitrogens with two attached hydrogens (primary N) is 1. The standard InChI is InChI=1S/C14H18N4/c1-17-6-8-18(9-7-17)13-3-2-11-10-16-5-4-12(11)14(13)15/h2-5,10H,6-9,15H2,1H3. The van der Waals surface area contributed by atoms with Crippen LogP contribution in [0.1, 0.15) is 0 Å². The van der Waals surface area contributed by atoms with Crippen molar-refractivity contribution in [3.63, 3.8) is 0 Å². The summed E-state index contributed by atoms with van der Waals surface area (Å²) in [7, 11) is 2.16. The van der Waals surface area contributed by atoms with Gasteiger partial charge in [0.05, 0.1) is 11.4 Å². The molecule has 4 heteroatoms. The number of likely N-dealkylation sites (N-methyl/N-ethyl adjacent to an activating group) is 1. The van der Waals surface area contributed by atoms with Gasteiger partial charge >= 0.3 is 0 Å². The number of piperazine rings is 1. The molecule has 1 aliphatic rings. The third-order valence-corrected chi connectivity index (χ3v) is 3.68. The summed E-state index contributed by atoms with van der Waals surface area (Å²) in [4.78, 5) is 8.85. The molecule has 0 bridgehead atoms. The fourth-order valence-corrected chi connectivity index (χ4v) is 2.50. The quantitative estimate of drug-likeness (QED) is 0.771. The number of aromatic nitrogens is 1. The van der Waals surface area contributed by atoms with Crippen molar-refractivity contribution >= 4 is 22.1 Å². The van der Waals surface area contributed by atoms with Gasteiger partial charge in [-0.25, -0.2) is 0 Å². The molecule has 0 amide bonds. The van der Waals surface area contributed by atoms with Crippen molar-refractivity contribution in [1.82, 2.24) is 9.88 Å². The molecule has 0 spiro atoms. The third-order valence-electron chi connectivity index (χ3n) is 3.68. The van der Waals surface area contributed by atoms with Gasteiger partial charge in [0.2, 0.25) is 0 Å². The lowest BCUT2D eigenvalue weighted by Gasteiger charge is -2.34. The maximum Gasteiger partial charge on any atom is 0.0632 e. The van der Waals surface area contributed by atoms with Crippen molar-refractivity contribution in [2.24, 2.45) is 0 Å². The van der Waals surface area contributed by atoms with E-state index in [9.17, 15) is 0 Å². The first-order valence-electron chi connectivity index (χ1n) is 6.31. The van der Waals surface area contributed by atoms with Crippen LogP contribution in [0.4, 0.5) is 11.4 Å². The number of rotatable bonds is 1. The Hall–Kier alpha value is -1.81. The highest BCUT2D eigenvalue weighted by molar-refractivity contribution is 5.98. The molecular weight excluding hydrogens is 224 g/mol. The zero-order valence-electron chi connectivity index (χ0n) is 10.6.